The summed E-state index contributed by atoms with van der Waals surface area (Å²) in [5.74, 6) is 4.72. The van der Waals surface area contributed by atoms with Crippen LogP contribution < -0.4 is 0 Å². The van der Waals surface area contributed by atoms with E-state index < -0.39 is 5.97 Å². The van der Waals surface area contributed by atoms with Crippen molar-refractivity contribution in [1.82, 2.24) is 4.98 Å². The number of halogens is 1. The SMILES string of the molecule is O=C(O)c1ncc(C#CCS)cc1Cl. The molecule has 1 heterocycles. The lowest BCUT2D eigenvalue weighted by atomic mass is 10.2. The Hall–Kier alpha value is -1.18. The van der Waals surface area contributed by atoms with Crippen molar-refractivity contribution in [2.24, 2.45) is 0 Å². The maximum atomic E-state index is 10.6. The van der Waals surface area contributed by atoms with E-state index in [-0.39, 0.29) is 10.7 Å². The van der Waals surface area contributed by atoms with Gasteiger partial charge in [0, 0.05) is 11.8 Å². The number of aromatic nitrogens is 1. The first-order chi connectivity index (χ1) is 6.65. The van der Waals surface area contributed by atoms with Gasteiger partial charge in [-0.05, 0) is 6.07 Å². The van der Waals surface area contributed by atoms with Gasteiger partial charge in [-0.15, -0.1) is 0 Å². The van der Waals surface area contributed by atoms with Gasteiger partial charge in [-0.2, -0.15) is 12.6 Å². The molecular formula is C9H6ClNO2S. The highest BCUT2D eigenvalue weighted by atomic mass is 35.5. The normalized spacial score (nSPS) is 9.00. The summed E-state index contributed by atoms with van der Waals surface area (Å²) in [6.45, 7) is 0. The number of hydrogen-bond acceptors (Lipinski definition) is 3. The molecule has 0 amide bonds. The van der Waals surface area contributed by atoms with Gasteiger partial charge in [0.1, 0.15) is 0 Å². The molecule has 3 nitrogen and oxygen atoms in total. The molecule has 0 fully saturated rings. The number of carboxylic acid groups (broad SMARTS) is 1. The number of thiol groups is 1. The van der Waals surface area contributed by atoms with Crippen molar-refractivity contribution < 1.29 is 9.90 Å². The molecule has 14 heavy (non-hydrogen) atoms. The molecule has 0 aromatic carbocycles. The van der Waals surface area contributed by atoms with Crippen LogP contribution >= 0.6 is 24.2 Å². The van der Waals surface area contributed by atoms with Crippen LogP contribution in [0.25, 0.3) is 0 Å². The highest BCUT2D eigenvalue weighted by molar-refractivity contribution is 7.80. The van der Waals surface area contributed by atoms with Crippen LogP contribution in [-0.4, -0.2) is 21.8 Å². The van der Waals surface area contributed by atoms with Crippen molar-refractivity contribution in [2.75, 3.05) is 5.75 Å². The van der Waals surface area contributed by atoms with Crippen molar-refractivity contribution >= 4 is 30.2 Å². The molecule has 1 rings (SSSR count). The Balaban J connectivity index is 3.06. The van der Waals surface area contributed by atoms with Gasteiger partial charge in [-0.1, -0.05) is 23.4 Å². The second kappa shape index (κ2) is 4.89. The van der Waals surface area contributed by atoms with Gasteiger partial charge < -0.3 is 5.11 Å². The van der Waals surface area contributed by atoms with E-state index in [4.69, 9.17) is 16.7 Å². The van der Waals surface area contributed by atoms with Gasteiger partial charge in [0.2, 0.25) is 0 Å². The Morgan fingerprint density at radius 3 is 2.93 bits per heavy atom. The summed E-state index contributed by atoms with van der Waals surface area (Å²) < 4.78 is 0. The van der Waals surface area contributed by atoms with E-state index in [1.165, 1.54) is 12.3 Å². The Morgan fingerprint density at radius 2 is 2.43 bits per heavy atom. The Bertz CT molecular complexity index is 423. The number of nitrogens with zero attached hydrogens (tertiary/aromatic N) is 1. The molecule has 0 aliphatic rings. The maximum absolute atomic E-state index is 10.6. The van der Waals surface area contributed by atoms with Gasteiger partial charge in [-0.25, -0.2) is 9.78 Å². The smallest absolute Gasteiger partial charge is 0.356 e. The monoisotopic (exact) mass is 227 g/mol. The number of hydrogen-bond donors (Lipinski definition) is 2. The predicted octanol–water partition coefficient (Wildman–Crippen LogP) is 1.71. The topological polar surface area (TPSA) is 50.2 Å². The van der Waals surface area contributed by atoms with Gasteiger partial charge in [0.25, 0.3) is 0 Å². The number of rotatable bonds is 1. The summed E-state index contributed by atoms with van der Waals surface area (Å²) in [4.78, 5) is 14.2. The van der Waals surface area contributed by atoms with Crippen LogP contribution in [0.3, 0.4) is 0 Å². The molecule has 0 saturated carbocycles. The van der Waals surface area contributed by atoms with E-state index in [2.05, 4.69) is 29.5 Å². The van der Waals surface area contributed by atoms with Crippen molar-refractivity contribution in [2.45, 2.75) is 0 Å². The quantitative estimate of drug-likeness (QED) is 0.567. The Morgan fingerprint density at radius 1 is 1.71 bits per heavy atom. The Labute approximate surface area is 91.5 Å². The Kier molecular flexibility index (Phi) is 3.81. The average molecular weight is 228 g/mol. The zero-order valence-electron chi connectivity index (χ0n) is 6.99. The average Bonchev–Trinajstić information content (AvgIpc) is 2.14. The molecule has 0 radical (unpaired) electrons. The second-order valence-corrected chi connectivity index (χ2v) is 3.04. The summed E-state index contributed by atoms with van der Waals surface area (Å²) >= 11 is 9.58. The molecule has 1 N–H and O–H groups in total. The third kappa shape index (κ3) is 2.66. The van der Waals surface area contributed by atoms with Crippen molar-refractivity contribution in [1.29, 1.82) is 0 Å². The summed E-state index contributed by atoms with van der Waals surface area (Å²) in [7, 11) is 0. The van der Waals surface area contributed by atoms with E-state index in [0.717, 1.165) is 0 Å². The summed E-state index contributed by atoms with van der Waals surface area (Å²) in [5.41, 5.74) is 0.414. The molecule has 0 unspecified atom stereocenters. The first-order valence-electron chi connectivity index (χ1n) is 3.63. The van der Waals surface area contributed by atoms with Gasteiger partial charge in [-0.3, -0.25) is 0 Å². The largest absolute Gasteiger partial charge is 0.476 e. The summed E-state index contributed by atoms with van der Waals surface area (Å²) in [6.07, 6.45) is 1.37. The fourth-order valence-electron chi connectivity index (χ4n) is 0.805. The van der Waals surface area contributed by atoms with E-state index >= 15 is 0 Å². The fraction of sp³-hybridized carbons (Fsp3) is 0.111. The first kappa shape index (κ1) is 10.9. The zero-order valence-corrected chi connectivity index (χ0v) is 8.64. The van der Waals surface area contributed by atoms with Crippen molar-refractivity contribution in [3.8, 4) is 11.8 Å². The number of aromatic carboxylic acids is 1. The van der Waals surface area contributed by atoms with Crippen LogP contribution in [0.15, 0.2) is 12.3 Å². The minimum atomic E-state index is -1.15. The highest BCUT2D eigenvalue weighted by Gasteiger charge is 2.09. The van der Waals surface area contributed by atoms with Crippen molar-refractivity contribution in [3.63, 3.8) is 0 Å². The van der Waals surface area contributed by atoms with Crippen LogP contribution in [0.1, 0.15) is 16.1 Å². The van der Waals surface area contributed by atoms with Gasteiger partial charge >= 0.3 is 5.97 Å². The van der Waals surface area contributed by atoms with Crippen molar-refractivity contribution in [3.05, 3.63) is 28.5 Å². The summed E-state index contributed by atoms with van der Waals surface area (Å²) in [6, 6.07) is 1.47. The van der Waals surface area contributed by atoms with Crippen LogP contribution in [0.4, 0.5) is 0 Å². The summed E-state index contributed by atoms with van der Waals surface area (Å²) in [5, 5.41) is 8.72. The minimum Gasteiger partial charge on any atom is -0.476 e. The third-order valence-electron chi connectivity index (χ3n) is 1.36. The predicted molar refractivity (Wildman–Crippen MR) is 56.9 cm³/mol. The molecule has 0 aliphatic carbocycles. The molecule has 0 saturated heterocycles. The minimum absolute atomic E-state index is 0.0865. The van der Waals surface area contributed by atoms with E-state index in [1.807, 2.05) is 0 Å². The standard InChI is InChI=1S/C9H6ClNO2S/c10-7-4-6(2-1-3-14)5-11-8(7)9(12)13/h4-5,14H,3H2,(H,12,13). The molecule has 0 aliphatic heterocycles. The molecular weight excluding hydrogens is 222 g/mol. The third-order valence-corrected chi connectivity index (χ3v) is 1.80. The lowest BCUT2D eigenvalue weighted by Crippen LogP contribution is -2.01. The second-order valence-electron chi connectivity index (χ2n) is 2.32. The molecule has 0 atom stereocenters. The number of pyridine rings is 1. The maximum Gasteiger partial charge on any atom is 0.356 e. The molecule has 5 heteroatoms. The lowest BCUT2D eigenvalue weighted by Gasteiger charge is -1.97. The molecule has 0 spiro atoms. The first-order valence-corrected chi connectivity index (χ1v) is 4.64. The van der Waals surface area contributed by atoms with E-state index in [9.17, 15) is 4.79 Å². The highest BCUT2D eigenvalue weighted by Crippen LogP contribution is 2.14. The van der Waals surface area contributed by atoms with Gasteiger partial charge in [0.05, 0.1) is 10.8 Å². The molecule has 0 bridgehead atoms. The molecule has 72 valence electrons. The molecule has 1 aromatic heterocycles. The van der Waals surface area contributed by atoms with E-state index in [0.29, 0.717) is 11.3 Å². The number of carboxylic acids is 1. The van der Waals surface area contributed by atoms with Crippen LogP contribution in [0, 0.1) is 11.8 Å². The van der Waals surface area contributed by atoms with E-state index in [1.54, 1.807) is 0 Å². The molecule has 1 aromatic rings. The van der Waals surface area contributed by atoms with Gasteiger partial charge in [0.15, 0.2) is 5.69 Å². The fourth-order valence-corrected chi connectivity index (χ4v) is 1.13. The zero-order chi connectivity index (χ0) is 10.6. The van der Waals surface area contributed by atoms with Crippen LogP contribution in [0.2, 0.25) is 5.02 Å². The number of carbonyl (C=O) groups is 1. The van der Waals surface area contributed by atoms with Crippen LogP contribution in [0.5, 0.6) is 0 Å². The van der Waals surface area contributed by atoms with Crippen LogP contribution in [-0.2, 0) is 0 Å². The lowest BCUT2D eigenvalue weighted by molar-refractivity contribution is 0.0690.